The molecule has 1 aliphatic carbocycles. The standard InChI is InChI=1S/C17H30O4/c1-4-6-9-16(14(18)19)11-8-13(3)12-17(16,15(20)21)10-7-5-2/h13H,4-12H2,1-3H3,(H,18,19)(H,20,21). The number of carbonyl (C=O) groups is 2. The summed E-state index contributed by atoms with van der Waals surface area (Å²) in [4.78, 5) is 24.3. The van der Waals surface area contributed by atoms with Crippen molar-refractivity contribution in [1.82, 2.24) is 0 Å². The molecule has 1 aliphatic rings. The summed E-state index contributed by atoms with van der Waals surface area (Å²) in [6.45, 7) is 6.10. The predicted octanol–water partition coefficient (Wildman–Crippen LogP) is 4.33. The van der Waals surface area contributed by atoms with E-state index in [4.69, 9.17) is 0 Å². The second-order valence-corrected chi connectivity index (χ2v) is 6.83. The van der Waals surface area contributed by atoms with E-state index in [1.807, 2.05) is 13.8 Å². The van der Waals surface area contributed by atoms with Crippen LogP contribution in [-0.4, -0.2) is 22.2 Å². The number of hydrogen-bond donors (Lipinski definition) is 2. The van der Waals surface area contributed by atoms with Crippen LogP contribution < -0.4 is 0 Å². The highest BCUT2D eigenvalue weighted by molar-refractivity contribution is 5.87. The fourth-order valence-electron chi connectivity index (χ4n) is 4.10. The molecule has 122 valence electrons. The third-order valence-electron chi connectivity index (χ3n) is 5.41. The Morgan fingerprint density at radius 3 is 1.90 bits per heavy atom. The SMILES string of the molecule is CCCCC1(C(=O)O)CCC(C)CC1(CCCC)C(=O)O. The monoisotopic (exact) mass is 298 g/mol. The highest BCUT2D eigenvalue weighted by Crippen LogP contribution is 2.58. The van der Waals surface area contributed by atoms with Crippen LogP contribution in [0.25, 0.3) is 0 Å². The largest absolute Gasteiger partial charge is 0.481 e. The molecule has 0 spiro atoms. The molecule has 4 heteroatoms. The molecule has 0 bridgehead atoms. The molecule has 0 aromatic rings. The molecule has 0 aromatic carbocycles. The maximum Gasteiger partial charge on any atom is 0.310 e. The zero-order valence-corrected chi connectivity index (χ0v) is 13.7. The van der Waals surface area contributed by atoms with Gasteiger partial charge in [-0.15, -0.1) is 0 Å². The number of carboxylic acids is 2. The minimum Gasteiger partial charge on any atom is -0.481 e. The Hall–Kier alpha value is -1.06. The Morgan fingerprint density at radius 1 is 1.00 bits per heavy atom. The summed E-state index contributed by atoms with van der Waals surface area (Å²) < 4.78 is 0. The lowest BCUT2D eigenvalue weighted by Crippen LogP contribution is -2.56. The number of carboxylic acid groups (broad SMARTS) is 2. The highest BCUT2D eigenvalue weighted by atomic mass is 16.4. The van der Waals surface area contributed by atoms with E-state index in [2.05, 4.69) is 6.92 Å². The van der Waals surface area contributed by atoms with Gasteiger partial charge in [0.25, 0.3) is 0 Å². The average molecular weight is 298 g/mol. The van der Waals surface area contributed by atoms with Crippen LogP contribution in [-0.2, 0) is 9.59 Å². The Balaban J connectivity index is 3.30. The smallest absolute Gasteiger partial charge is 0.310 e. The van der Waals surface area contributed by atoms with Gasteiger partial charge in [-0.3, -0.25) is 9.59 Å². The third kappa shape index (κ3) is 3.24. The zero-order valence-electron chi connectivity index (χ0n) is 13.7. The van der Waals surface area contributed by atoms with Gasteiger partial charge in [-0.1, -0.05) is 46.5 Å². The maximum absolute atomic E-state index is 12.1. The van der Waals surface area contributed by atoms with E-state index in [0.717, 1.165) is 32.1 Å². The molecule has 0 heterocycles. The van der Waals surface area contributed by atoms with Crippen molar-refractivity contribution in [2.24, 2.45) is 16.7 Å². The molecule has 0 radical (unpaired) electrons. The van der Waals surface area contributed by atoms with Crippen LogP contribution in [0.15, 0.2) is 0 Å². The van der Waals surface area contributed by atoms with Crippen molar-refractivity contribution >= 4 is 11.9 Å². The van der Waals surface area contributed by atoms with Crippen LogP contribution in [0, 0.1) is 16.7 Å². The summed E-state index contributed by atoms with van der Waals surface area (Å²) in [5.41, 5.74) is -2.18. The molecule has 2 N–H and O–H groups in total. The van der Waals surface area contributed by atoms with E-state index in [1.165, 1.54) is 0 Å². The topological polar surface area (TPSA) is 74.6 Å². The van der Waals surface area contributed by atoms with E-state index in [0.29, 0.717) is 25.7 Å². The van der Waals surface area contributed by atoms with E-state index < -0.39 is 22.8 Å². The minimum absolute atomic E-state index is 0.284. The molecule has 0 amide bonds. The van der Waals surface area contributed by atoms with Crippen molar-refractivity contribution in [2.45, 2.75) is 78.6 Å². The van der Waals surface area contributed by atoms with Crippen LogP contribution in [0.2, 0.25) is 0 Å². The number of aliphatic carboxylic acids is 2. The van der Waals surface area contributed by atoms with E-state index in [9.17, 15) is 19.8 Å². The number of hydrogen-bond acceptors (Lipinski definition) is 2. The Kier molecular flexibility index (Phi) is 6.24. The molecular formula is C17H30O4. The summed E-state index contributed by atoms with van der Waals surface area (Å²) in [6, 6.07) is 0. The van der Waals surface area contributed by atoms with Crippen molar-refractivity contribution in [3.05, 3.63) is 0 Å². The lowest BCUT2D eigenvalue weighted by molar-refractivity contribution is -0.184. The van der Waals surface area contributed by atoms with Gasteiger partial charge in [-0.05, 0) is 38.0 Å². The third-order valence-corrected chi connectivity index (χ3v) is 5.41. The molecule has 3 atom stereocenters. The summed E-state index contributed by atoms with van der Waals surface area (Å²) >= 11 is 0. The molecular weight excluding hydrogens is 268 g/mol. The molecule has 0 aromatic heterocycles. The predicted molar refractivity (Wildman–Crippen MR) is 82.2 cm³/mol. The van der Waals surface area contributed by atoms with Gasteiger partial charge in [-0.25, -0.2) is 0 Å². The van der Waals surface area contributed by atoms with Gasteiger partial charge in [0.2, 0.25) is 0 Å². The summed E-state index contributed by atoms with van der Waals surface area (Å²) in [5.74, 6) is -1.52. The molecule has 0 aliphatic heterocycles. The first kappa shape index (κ1) is 18.0. The van der Waals surface area contributed by atoms with Crippen LogP contribution in [0.5, 0.6) is 0 Å². The number of rotatable bonds is 8. The number of unbranched alkanes of at least 4 members (excludes halogenated alkanes) is 2. The minimum atomic E-state index is -1.10. The highest BCUT2D eigenvalue weighted by Gasteiger charge is 2.62. The van der Waals surface area contributed by atoms with Crippen LogP contribution in [0.1, 0.15) is 78.6 Å². The van der Waals surface area contributed by atoms with Crippen LogP contribution >= 0.6 is 0 Å². The lowest BCUT2D eigenvalue weighted by atomic mass is 9.50. The van der Waals surface area contributed by atoms with Crippen molar-refractivity contribution in [2.75, 3.05) is 0 Å². The van der Waals surface area contributed by atoms with Gasteiger partial charge in [-0.2, -0.15) is 0 Å². The van der Waals surface area contributed by atoms with Crippen molar-refractivity contribution in [1.29, 1.82) is 0 Å². The van der Waals surface area contributed by atoms with Gasteiger partial charge in [0.15, 0.2) is 0 Å². The lowest BCUT2D eigenvalue weighted by Gasteiger charge is -2.50. The Bertz CT molecular complexity index is 375. The van der Waals surface area contributed by atoms with E-state index in [1.54, 1.807) is 0 Å². The van der Waals surface area contributed by atoms with Gasteiger partial charge >= 0.3 is 11.9 Å². The molecule has 0 saturated heterocycles. The molecule has 3 unspecified atom stereocenters. The fourth-order valence-corrected chi connectivity index (χ4v) is 4.10. The van der Waals surface area contributed by atoms with Crippen LogP contribution in [0.3, 0.4) is 0 Å². The second-order valence-electron chi connectivity index (χ2n) is 6.83. The average Bonchev–Trinajstić information content (AvgIpc) is 2.43. The van der Waals surface area contributed by atoms with Crippen LogP contribution in [0.4, 0.5) is 0 Å². The van der Waals surface area contributed by atoms with Gasteiger partial charge < -0.3 is 10.2 Å². The van der Waals surface area contributed by atoms with Gasteiger partial charge in [0.1, 0.15) is 0 Å². The molecule has 1 fully saturated rings. The van der Waals surface area contributed by atoms with Crippen molar-refractivity contribution in [3.8, 4) is 0 Å². The normalized spacial score (nSPS) is 32.8. The first-order valence-corrected chi connectivity index (χ1v) is 8.33. The van der Waals surface area contributed by atoms with E-state index in [-0.39, 0.29) is 5.92 Å². The summed E-state index contributed by atoms with van der Waals surface area (Å²) in [6.07, 6.45) is 6.14. The molecule has 1 saturated carbocycles. The van der Waals surface area contributed by atoms with Crippen molar-refractivity contribution < 1.29 is 19.8 Å². The van der Waals surface area contributed by atoms with Gasteiger partial charge in [0, 0.05) is 0 Å². The van der Waals surface area contributed by atoms with Gasteiger partial charge in [0.05, 0.1) is 10.8 Å². The summed E-state index contributed by atoms with van der Waals surface area (Å²) in [5, 5.41) is 19.9. The first-order chi connectivity index (χ1) is 9.86. The quantitative estimate of drug-likeness (QED) is 0.699. The fraction of sp³-hybridized carbons (Fsp3) is 0.882. The Morgan fingerprint density at radius 2 is 1.48 bits per heavy atom. The molecule has 4 nitrogen and oxygen atoms in total. The molecule has 1 rings (SSSR count). The van der Waals surface area contributed by atoms with E-state index >= 15 is 0 Å². The maximum atomic E-state index is 12.1. The van der Waals surface area contributed by atoms with Crippen molar-refractivity contribution in [3.63, 3.8) is 0 Å². The summed E-state index contributed by atoms with van der Waals surface area (Å²) in [7, 11) is 0. The Labute approximate surface area is 127 Å². The second kappa shape index (κ2) is 7.28. The first-order valence-electron chi connectivity index (χ1n) is 8.33. The molecule has 21 heavy (non-hydrogen) atoms. The zero-order chi connectivity index (χ0) is 16.1.